The molecule has 2 aromatic rings. The molecule has 0 fully saturated rings. The molecule has 0 spiro atoms. The van der Waals surface area contributed by atoms with Gasteiger partial charge in [-0.1, -0.05) is 24.3 Å². The molecule has 3 rings (SSSR count). The maximum atomic E-state index is 13.4. The van der Waals surface area contributed by atoms with Crippen molar-refractivity contribution in [2.24, 2.45) is 5.10 Å². The predicted molar refractivity (Wildman–Crippen MR) is 79.2 cm³/mol. The normalized spacial score (nSPS) is 17.5. The molecule has 112 valence electrons. The molecule has 1 atom stereocenters. The Hall–Kier alpha value is -2.56. The van der Waals surface area contributed by atoms with Crippen LogP contribution in [0, 0.1) is 11.6 Å². The monoisotopic (exact) mass is 300 g/mol. The van der Waals surface area contributed by atoms with Crippen LogP contribution in [0.5, 0.6) is 0 Å². The van der Waals surface area contributed by atoms with E-state index in [1.807, 2.05) is 0 Å². The van der Waals surface area contributed by atoms with Gasteiger partial charge in [0.2, 0.25) is 5.91 Å². The van der Waals surface area contributed by atoms with Crippen LogP contribution in [-0.2, 0) is 4.79 Å². The second kappa shape index (κ2) is 5.67. The summed E-state index contributed by atoms with van der Waals surface area (Å²) in [6.45, 7) is 1.42. The van der Waals surface area contributed by atoms with E-state index in [1.54, 1.807) is 24.3 Å². The molecule has 0 bridgehead atoms. The van der Waals surface area contributed by atoms with Crippen molar-refractivity contribution in [2.75, 3.05) is 0 Å². The van der Waals surface area contributed by atoms with E-state index in [2.05, 4.69) is 5.10 Å². The Bertz CT molecular complexity index is 741. The summed E-state index contributed by atoms with van der Waals surface area (Å²) in [5, 5.41) is 5.69. The Morgan fingerprint density at radius 2 is 1.86 bits per heavy atom. The van der Waals surface area contributed by atoms with Gasteiger partial charge in [0.05, 0.1) is 11.8 Å². The molecule has 3 nitrogen and oxygen atoms in total. The van der Waals surface area contributed by atoms with E-state index in [-0.39, 0.29) is 23.6 Å². The number of carbonyl (C=O) groups is 1. The molecule has 5 heteroatoms. The molecular formula is C17H14F2N2O. The molecule has 0 unspecified atom stereocenters. The summed E-state index contributed by atoms with van der Waals surface area (Å²) < 4.78 is 26.4. The molecule has 0 aromatic heterocycles. The van der Waals surface area contributed by atoms with Gasteiger partial charge in [-0.3, -0.25) is 4.79 Å². The van der Waals surface area contributed by atoms with Crippen molar-refractivity contribution in [3.05, 3.63) is 71.3 Å². The highest BCUT2D eigenvalue weighted by molar-refractivity contribution is 6.03. The minimum absolute atomic E-state index is 0.216. The van der Waals surface area contributed by atoms with Gasteiger partial charge in [-0.15, -0.1) is 0 Å². The van der Waals surface area contributed by atoms with E-state index in [0.717, 1.165) is 5.56 Å². The minimum atomic E-state index is -0.351. The van der Waals surface area contributed by atoms with Gasteiger partial charge in [0.1, 0.15) is 11.6 Å². The number of halogens is 2. The molecule has 22 heavy (non-hydrogen) atoms. The number of benzene rings is 2. The summed E-state index contributed by atoms with van der Waals surface area (Å²) in [6.07, 6.45) is 0.467. The third-order valence-corrected chi connectivity index (χ3v) is 3.64. The van der Waals surface area contributed by atoms with Crippen molar-refractivity contribution in [1.82, 2.24) is 5.01 Å². The molecule has 2 aromatic carbocycles. The summed E-state index contributed by atoms with van der Waals surface area (Å²) in [5.74, 6) is -0.893. The second-order valence-electron chi connectivity index (χ2n) is 5.19. The smallest absolute Gasteiger partial charge is 0.240 e. The fraction of sp³-hybridized carbons (Fsp3) is 0.176. The van der Waals surface area contributed by atoms with E-state index >= 15 is 0 Å². The van der Waals surface area contributed by atoms with Crippen LogP contribution in [0.15, 0.2) is 53.6 Å². The van der Waals surface area contributed by atoms with Gasteiger partial charge >= 0.3 is 0 Å². The number of hydrazone groups is 1. The van der Waals surface area contributed by atoms with Crippen molar-refractivity contribution in [3.8, 4) is 0 Å². The first-order valence-electron chi connectivity index (χ1n) is 6.93. The van der Waals surface area contributed by atoms with Crippen LogP contribution in [0.3, 0.4) is 0 Å². The summed E-state index contributed by atoms with van der Waals surface area (Å²) in [5.41, 5.74) is 2.13. The lowest BCUT2D eigenvalue weighted by Gasteiger charge is -2.20. The van der Waals surface area contributed by atoms with E-state index < -0.39 is 0 Å². The third-order valence-electron chi connectivity index (χ3n) is 3.64. The average molecular weight is 300 g/mol. The molecular weight excluding hydrogens is 286 g/mol. The van der Waals surface area contributed by atoms with Gasteiger partial charge in [-0.25, -0.2) is 13.8 Å². The van der Waals surface area contributed by atoms with E-state index in [4.69, 9.17) is 0 Å². The number of amides is 1. The Balaban J connectivity index is 1.94. The van der Waals surface area contributed by atoms with Gasteiger partial charge in [0.25, 0.3) is 0 Å². The zero-order chi connectivity index (χ0) is 15.7. The van der Waals surface area contributed by atoms with Crippen molar-refractivity contribution in [2.45, 2.75) is 19.4 Å². The first-order chi connectivity index (χ1) is 10.5. The average Bonchev–Trinajstić information content (AvgIpc) is 2.93. The first-order valence-corrected chi connectivity index (χ1v) is 6.93. The molecule has 1 aliphatic heterocycles. The molecule has 1 aliphatic rings. The molecule has 1 heterocycles. The Labute approximate surface area is 126 Å². The van der Waals surface area contributed by atoms with Crippen molar-refractivity contribution < 1.29 is 13.6 Å². The fourth-order valence-corrected chi connectivity index (χ4v) is 2.59. The number of hydrogen-bond acceptors (Lipinski definition) is 2. The van der Waals surface area contributed by atoms with Crippen LogP contribution in [0.1, 0.15) is 30.5 Å². The molecule has 1 amide bonds. The van der Waals surface area contributed by atoms with Crippen LogP contribution in [0.25, 0.3) is 0 Å². The van der Waals surface area contributed by atoms with Gasteiger partial charge in [-0.05, 0) is 35.4 Å². The number of rotatable bonds is 2. The first kappa shape index (κ1) is 14.4. The van der Waals surface area contributed by atoms with E-state index in [1.165, 1.54) is 36.2 Å². The lowest BCUT2D eigenvalue weighted by molar-refractivity contribution is -0.130. The van der Waals surface area contributed by atoms with Crippen molar-refractivity contribution in [1.29, 1.82) is 0 Å². The van der Waals surface area contributed by atoms with Crippen LogP contribution < -0.4 is 0 Å². The standard InChI is InChI=1S/C17H14F2N2O/c1-11(22)21-17(13-3-2-4-15(19)9-13)10-16(20-21)12-5-7-14(18)8-6-12/h2-9,17H,10H2,1H3/t17-/m1/s1. The Morgan fingerprint density at radius 1 is 1.14 bits per heavy atom. The maximum absolute atomic E-state index is 13.4. The largest absolute Gasteiger partial charge is 0.273 e. The van der Waals surface area contributed by atoms with Crippen LogP contribution in [0.4, 0.5) is 8.78 Å². The number of nitrogens with zero attached hydrogens (tertiary/aromatic N) is 2. The van der Waals surface area contributed by atoms with Crippen LogP contribution in [-0.4, -0.2) is 16.6 Å². The lowest BCUT2D eigenvalue weighted by atomic mass is 9.98. The van der Waals surface area contributed by atoms with Gasteiger partial charge in [-0.2, -0.15) is 5.10 Å². The SMILES string of the molecule is CC(=O)N1N=C(c2ccc(F)cc2)C[C@@H]1c1cccc(F)c1. The molecule has 0 radical (unpaired) electrons. The highest BCUT2D eigenvalue weighted by Crippen LogP contribution is 2.32. The minimum Gasteiger partial charge on any atom is -0.273 e. The molecule has 0 saturated heterocycles. The molecule has 0 aliphatic carbocycles. The van der Waals surface area contributed by atoms with Crippen molar-refractivity contribution >= 4 is 11.6 Å². The topological polar surface area (TPSA) is 32.7 Å². The molecule has 0 N–H and O–H groups in total. The second-order valence-corrected chi connectivity index (χ2v) is 5.19. The van der Waals surface area contributed by atoms with Gasteiger partial charge in [0, 0.05) is 13.3 Å². The van der Waals surface area contributed by atoms with Crippen LogP contribution >= 0.6 is 0 Å². The summed E-state index contributed by atoms with van der Waals surface area (Å²) in [7, 11) is 0. The number of carbonyl (C=O) groups excluding carboxylic acids is 1. The number of hydrogen-bond donors (Lipinski definition) is 0. The summed E-state index contributed by atoms with van der Waals surface area (Å²) in [4.78, 5) is 11.8. The van der Waals surface area contributed by atoms with Gasteiger partial charge < -0.3 is 0 Å². The summed E-state index contributed by atoms with van der Waals surface area (Å²) >= 11 is 0. The maximum Gasteiger partial charge on any atom is 0.240 e. The van der Waals surface area contributed by atoms with Gasteiger partial charge in [0.15, 0.2) is 0 Å². The van der Waals surface area contributed by atoms with Crippen LogP contribution in [0.2, 0.25) is 0 Å². The lowest BCUT2D eigenvalue weighted by Crippen LogP contribution is -2.24. The zero-order valence-corrected chi connectivity index (χ0v) is 12.0. The Morgan fingerprint density at radius 3 is 2.50 bits per heavy atom. The fourth-order valence-electron chi connectivity index (χ4n) is 2.59. The Kier molecular flexibility index (Phi) is 3.71. The van der Waals surface area contributed by atoms with E-state index in [0.29, 0.717) is 17.7 Å². The predicted octanol–water partition coefficient (Wildman–Crippen LogP) is 3.66. The highest BCUT2D eigenvalue weighted by atomic mass is 19.1. The van der Waals surface area contributed by atoms with E-state index in [9.17, 15) is 13.6 Å². The quantitative estimate of drug-likeness (QED) is 0.833. The third kappa shape index (κ3) is 2.74. The highest BCUT2D eigenvalue weighted by Gasteiger charge is 2.31. The van der Waals surface area contributed by atoms with Crippen molar-refractivity contribution in [3.63, 3.8) is 0 Å². The zero-order valence-electron chi connectivity index (χ0n) is 12.0. The molecule has 0 saturated carbocycles. The summed E-state index contributed by atoms with van der Waals surface area (Å²) in [6, 6.07) is 11.8.